The molecule has 1 atom stereocenters. The molecular weight excluding hydrogens is 457 g/mol. The van der Waals surface area contributed by atoms with Gasteiger partial charge in [0.05, 0.1) is 17.0 Å². The second-order valence-corrected chi connectivity index (χ2v) is 10.0. The highest BCUT2D eigenvalue weighted by Crippen LogP contribution is 2.25. The molecule has 0 bridgehead atoms. The van der Waals surface area contributed by atoms with Crippen molar-refractivity contribution in [1.82, 2.24) is 10.2 Å². The van der Waals surface area contributed by atoms with Crippen molar-refractivity contribution in [2.45, 2.75) is 39.4 Å². The Hall–Kier alpha value is -2.65. The molecule has 174 valence electrons. The summed E-state index contributed by atoms with van der Waals surface area (Å²) in [6, 6.07) is 11.5. The highest BCUT2D eigenvalue weighted by Gasteiger charge is 2.30. The topological polar surface area (TPSA) is 86.8 Å². The van der Waals surface area contributed by atoms with Gasteiger partial charge < -0.3 is 10.2 Å². The molecule has 0 spiro atoms. The molecule has 0 aliphatic rings. The molecule has 0 aliphatic carbocycles. The van der Waals surface area contributed by atoms with Crippen LogP contribution in [0.25, 0.3) is 0 Å². The van der Waals surface area contributed by atoms with Crippen LogP contribution in [-0.4, -0.2) is 50.0 Å². The van der Waals surface area contributed by atoms with Crippen LogP contribution in [0.1, 0.15) is 26.3 Å². The number of nitrogens with zero attached hydrogens (tertiary/aromatic N) is 2. The normalized spacial score (nSPS) is 12.3. The van der Waals surface area contributed by atoms with Crippen molar-refractivity contribution >= 4 is 39.1 Å². The van der Waals surface area contributed by atoms with Crippen LogP contribution in [0, 0.1) is 5.82 Å². The maximum absolute atomic E-state index is 13.6. The lowest BCUT2D eigenvalue weighted by Crippen LogP contribution is -2.52. The first kappa shape index (κ1) is 25.6. The van der Waals surface area contributed by atoms with Crippen LogP contribution in [0.2, 0.25) is 5.02 Å². The Morgan fingerprint density at radius 2 is 1.72 bits per heavy atom. The summed E-state index contributed by atoms with van der Waals surface area (Å²) in [4.78, 5) is 27.2. The summed E-state index contributed by atoms with van der Waals surface area (Å²) in [5, 5.41) is 2.50. The molecule has 7 nitrogen and oxygen atoms in total. The maximum Gasteiger partial charge on any atom is 0.244 e. The molecule has 2 amide bonds. The maximum atomic E-state index is 13.6. The number of nitrogens with one attached hydrogen (secondary N) is 1. The third-order valence-corrected chi connectivity index (χ3v) is 6.09. The Bertz CT molecular complexity index is 1060. The Labute approximate surface area is 193 Å². The summed E-state index contributed by atoms with van der Waals surface area (Å²) in [5.74, 6) is -1.66. The number of amides is 2. The SMILES string of the molecule is CC(C)NC(=O)C(C)N(Cc1ccccc1)C(=O)CN(c1ccc(F)c(Cl)c1)S(C)(=O)=O. The summed E-state index contributed by atoms with van der Waals surface area (Å²) in [7, 11) is -3.91. The van der Waals surface area contributed by atoms with Gasteiger partial charge in [-0.3, -0.25) is 13.9 Å². The second-order valence-electron chi connectivity index (χ2n) is 7.71. The fourth-order valence-electron chi connectivity index (χ4n) is 3.02. The van der Waals surface area contributed by atoms with Crippen LogP contribution >= 0.6 is 11.6 Å². The van der Waals surface area contributed by atoms with Crippen LogP contribution in [0.15, 0.2) is 48.5 Å². The number of benzene rings is 2. The molecule has 1 unspecified atom stereocenters. The Morgan fingerprint density at radius 3 is 2.25 bits per heavy atom. The summed E-state index contributed by atoms with van der Waals surface area (Å²) >= 11 is 5.81. The van der Waals surface area contributed by atoms with Crippen molar-refractivity contribution in [3.05, 3.63) is 64.9 Å². The highest BCUT2D eigenvalue weighted by molar-refractivity contribution is 7.92. The highest BCUT2D eigenvalue weighted by atomic mass is 35.5. The van der Waals surface area contributed by atoms with Gasteiger partial charge in [-0.15, -0.1) is 0 Å². The predicted molar refractivity (Wildman–Crippen MR) is 123 cm³/mol. The van der Waals surface area contributed by atoms with E-state index in [4.69, 9.17) is 11.6 Å². The third kappa shape index (κ3) is 6.93. The van der Waals surface area contributed by atoms with Gasteiger partial charge in [-0.05, 0) is 44.5 Å². The Kier molecular flexibility index (Phi) is 8.63. The fraction of sp³-hybridized carbons (Fsp3) is 0.364. The number of hydrogen-bond donors (Lipinski definition) is 1. The van der Waals surface area contributed by atoms with Gasteiger partial charge in [-0.1, -0.05) is 41.9 Å². The van der Waals surface area contributed by atoms with Gasteiger partial charge in [0.2, 0.25) is 21.8 Å². The minimum atomic E-state index is -3.91. The summed E-state index contributed by atoms with van der Waals surface area (Å²) in [6.07, 6.45) is 0.938. The van der Waals surface area contributed by atoms with E-state index >= 15 is 0 Å². The van der Waals surface area contributed by atoms with E-state index in [1.807, 2.05) is 6.07 Å². The summed E-state index contributed by atoms with van der Waals surface area (Å²) < 4.78 is 39.3. The van der Waals surface area contributed by atoms with E-state index in [9.17, 15) is 22.4 Å². The van der Waals surface area contributed by atoms with Crippen molar-refractivity contribution < 1.29 is 22.4 Å². The molecule has 32 heavy (non-hydrogen) atoms. The number of anilines is 1. The molecule has 1 N–H and O–H groups in total. The number of rotatable bonds is 9. The zero-order valence-corrected chi connectivity index (χ0v) is 20.0. The minimum absolute atomic E-state index is 0.0474. The van der Waals surface area contributed by atoms with E-state index < -0.39 is 34.3 Å². The number of hydrogen-bond acceptors (Lipinski definition) is 4. The first-order chi connectivity index (χ1) is 14.9. The molecular formula is C22H27ClFN3O4S. The average molecular weight is 484 g/mol. The molecule has 0 aliphatic heterocycles. The third-order valence-electron chi connectivity index (χ3n) is 4.66. The molecule has 10 heteroatoms. The zero-order chi connectivity index (χ0) is 24.1. The van der Waals surface area contributed by atoms with Gasteiger partial charge in [0, 0.05) is 12.6 Å². The van der Waals surface area contributed by atoms with E-state index in [0.29, 0.717) is 0 Å². The molecule has 0 saturated heterocycles. The number of carbonyl (C=O) groups excluding carboxylic acids is 2. The van der Waals surface area contributed by atoms with Gasteiger partial charge >= 0.3 is 0 Å². The summed E-state index contributed by atoms with van der Waals surface area (Å²) in [5.41, 5.74) is 0.826. The first-order valence-electron chi connectivity index (χ1n) is 9.96. The molecule has 2 aromatic carbocycles. The van der Waals surface area contributed by atoms with Crippen molar-refractivity contribution in [2.24, 2.45) is 0 Å². The Balaban J connectivity index is 2.38. The number of sulfonamides is 1. The van der Waals surface area contributed by atoms with Crippen LogP contribution in [0.4, 0.5) is 10.1 Å². The van der Waals surface area contributed by atoms with Gasteiger partial charge in [0.25, 0.3) is 0 Å². The van der Waals surface area contributed by atoms with Crippen LogP contribution < -0.4 is 9.62 Å². The lowest BCUT2D eigenvalue weighted by atomic mass is 10.1. The first-order valence-corrected chi connectivity index (χ1v) is 12.2. The smallest absolute Gasteiger partial charge is 0.244 e. The van der Waals surface area contributed by atoms with Gasteiger partial charge in [0.15, 0.2) is 0 Å². The van der Waals surface area contributed by atoms with Crippen LogP contribution in [0.3, 0.4) is 0 Å². The van der Waals surface area contributed by atoms with Gasteiger partial charge in [-0.25, -0.2) is 12.8 Å². The monoisotopic (exact) mass is 483 g/mol. The van der Waals surface area contributed by atoms with E-state index in [1.165, 1.54) is 11.0 Å². The lowest BCUT2D eigenvalue weighted by molar-refractivity contribution is -0.139. The van der Waals surface area contributed by atoms with Crippen molar-refractivity contribution in [2.75, 3.05) is 17.1 Å². The quantitative estimate of drug-likeness (QED) is 0.593. The molecule has 2 aromatic rings. The van der Waals surface area contributed by atoms with Gasteiger partial charge in [-0.2, -0.15) is 0 Å². The molecule has 0 fully saturated rings. The molecule has 0 radical (unpaired) electrons. The second kappa shape index (κ2) is 10.8. The largest absolute Gasteiger partial charge is 0.352 e. The number of halogens is 2. The minimum Gasteiger partial charge on any atom is -0.352 e. The number of carbonyl (C=O) groups is 2. The van der Waals surface area contributed by atoms with Crippen molar-refractivity contribution in [3.8, 4) is 0 Å². The van der Waals surface area contributed by atoms with Crippen LogP contribution in [-0.2, 0) is 26.2 Å². The molecule has 0 heterocycles. The molecule has 2 rings (SSSR count). The van der Waals surface area contributed by atoms with Gasteiger partial charge in [0.1, 0.15) is 18.4 Å². The molecule has 0 saturated carbocycles. The average Bonchev–Trinajstić information content (AvgIpc) is 2.71. The van der Waals surface area contributed by atoms with Crippen molar-refractivity contribution in [1.29, 1.82) is 0 Å². The van der Waals surface area contributed by atoms with E-state index in [2.05, 4.69) is 5.32 Å². The van der Waals surface area contributed by atoms with E-state index in [-0.39, 0.29) is 29.2 Å². The Morgan fingerprint density at radius 1 is 1.09 bits per heavy atom. The van der Waals surface area contributed by atoms with Crippen molar-refractivity contribution in [3.63, 3.8) is 0 Å². The predicted octanol–water partition coefficient (Wildman–Crippen LogP) is 3.19. The fourth-order valence-corrected chi connectivity index (χ4v) is 4.04. The zero-order valence-electron chi connectivity index (χ0n) is 18.4. The lowest BCUT2D eigenvalue weighted by Gasteiger charge is -2.32. The summed E-state index contributed by atoms with van der Waals surface area (Å²) in [6.45, 7) is 4.72. The van der Waals surface area contributed by atoms with E-state index in [0.717, 1.165) is 28.3 Å². The van der Waals surface area contributed by atoms with E-state index in [1.54, 1.807) is 45.0 Å². The van der Waals surface area contributed by atoms with Crippen LogP contribution in [0.5, 0.6) is 0 Å². The molecule has 0 aromatic heterocycles. The standard InChI is InChI=1S/C22H27ClFN3O4S/c1-15(2)25-22(29)16(3)26(13-17-8-6-5-7-9-17)21(28)14-27(32(4,30)31)18-10-11-20(24)19(23)12-18/h5-12,15-16H,13-14H2,1-4H3,(H,25,29).